The third kappa shape index (κ3) is 3.02. The highest BCUT2D eigenvalue weighted by atomic mass is 19.4. The van der Waals surface area contributed by atoms with Crippen molar-refractivity contribution in [2.45, 2.75) is 13.1 Å². The molecule has 0 spiro atoms. The fraction of sp³-hybridized carbons (Fsp3) is 0.375. The van der Waals surface area contributed by atoms with Gasteiger partial charge in [-0.3, -0.25) is 0 Å². The maximum Gasteiger partial charge on any atom is 0.433 e. The molecule has 0 atom stereocenters. The first kappa shape index (κ1) is 16.6. The van der Waals surface area contributed by atoms with Crippen LogP contribution in [-0.4, -0.2) is 50.5 Å². The van der Waals surface area contributed by atoms with Gasteiger partial charge in [0.1, 0.15) is 17.3 Å². The van der Waals surface area contributed by atoms with Crippen LogP contribution in [0, 0.1) is 6.92 Å². The lowest BCUT2D eigenvalue weighted by Gasteiger charge is -2.36. The Labute approximate surface area is 147 Å². The van der Waals surface area contributed by atoms with Crippen molar-refractivity contribution in [2.24, 2.45) is 0 Å². The van der Waals surface area contributed by atoms with E-state index in [0.29, 0.717) is 32.0 Å². The number of imidazole rings is 1. The molecular formula is C16H16F3N7. The number of anilines is 2. The SMILES string of the molecule is Cc1nc(N2CCN(c3nccn4ccnc34)CC2)cc(C(F)(F)F)n1. The Hall–Kier alpha value is -2.91. The second-order valence-electron chi connectivity index (χ2n) is 6.04. The summed E-state index contributed by atoms with van der Waals surface area (Å²) in [4.78, 5) is 20.3. The molecule has 10 heteroatoms. The summed E-state index contributed by atoms with van der Waals surface area (Å²) < 4.78 is 40.8. The van der Waals surface area contributed by atoms with Crippen LogP contribution in [0.4, 0.5) is 24.8 Å². The molecule has 1 aliphatic rings. The zero-order valence-electron chi connectivity index (χ0n) is 14.0. The minimum Gasteiger partial charge on any atom is -0.353 e. The molecule has 4 rings (SSSR count). The molecule has 1 fully saturated rings. The van der Waals surface area contributed by atoms with E-state index in [9.17, 15) is 13.2 Å². The summed E-state index contributed by atoms with van der Waals surface area (Å²) in [6, 6.07) is 1.01. The predicted octanol–water partition coefficient (Wildman–Crippen LogP) is 2.17. The Bertz CT molecular complexity index is 929. The first-order valence-electron chi connectivity index (χ1n) is 8.12. The molecule has 3 aromatic rings. The van der Waals surface area contributed by atoms with Crippen molar-refractivity contribution in [2.75, 3.05) is 36.0 Å². The Morgan fingerprint density at radius 2 is 1.58 bits per heavy atom. The van der Waals surface area contributed by atoms with Crippen LogP contribution in [0.5, 0.6) is 0 Å². The van der Waals surface area contributed by atoms with Crippen LogP contribution in [-0.2, 0) is 6.18 Å². The Balaban J connectivity index is 1.54. The van der Waals surface area contributed by atoms with Gasteiger partial charge in [-0.15, -0.1) is 0 Å². The summed E-state index contributed by atoms with van der Waals surface area (Å²) in [5.74, 6) is 1.18. The molecule has 7 nitrogen and oxygen atoms in total. The van der Waals surface area contributed by atoms with Crippen LogP contribution in [0.2, 0.25) is 0 Å². The molecule has 0 amide bonds. The molecule has 1 saturated heterocycles. The van der Waals surface area contributed by atoms with Gasteiger partial charge in [0.2, 0.25) is 0 Å². The number of hydrogen-bond acceptors (Lipinski definition) is 6. The van der Waals surface area contributed by atoms with Crippen LogP contribution < -0.4 is 9.80 Å². The maximum atomic E-state index is 13.0. The average Bonchev–Trinajstić information content (AvgIpc) is 3.09. The first-order valence-corrected chi connectivity index (χ1v) is 8.12. The van der Waals surface area contributed by atoms with Gasteiger partial charge in [0, 0.05) is 57.0 Å². The number of halogens is 3. The topological polar surface area (TPSA) is 62.5 Å². The average molecular weight is 363 g/mol. The Morgan fingerprint density at radius 1 is 0.923 bits per heavy atom. The van der Waals surface area contributed by atoms with Crippen molar-refractivity contribution in [3.8, 4) is 0 Å². The summed E-state index contributed by atoms with van der Waals surface area (Å²) in [6.45, 7) is 3.78. The molecule has 0 radical (unpaired) electrons. The number of piperazine rings is 1. The number of fused-ring (bicyclic) bond motifs is 1. The van der Waals surface area contributed by atoms with E-state index in [1.54, 1.807) is 12.4 Å². The van der Waals surface area contributed by atoms with Gasteiger partial charge in [0.15, 0.2) is 11.5 Å². The molecular weight excluding hydrogens is 347 g/mol. The molecule has 0 saturated carbocycles. The van der Waals surface area contributed by atoms with Crippen molar-refractivity contribution < 1.29 is 13.2 Å². The zero-order chi connectivity index (χ0) is 18.3. The molecule has 136 valence electrons. The van der Waals surface area contributed by atoms with E-state index in [1.807, 2.05) is 21.7 Å². The van der Waals surface area contributed by atoms with Gasteiger partial charge in [0.05, 0.1) is 0 Å². The molecule has 26 heavy (non-hydrogen) atoms. The van der Waals surface area contributed by atoms with E-state index in [2.05, 4.69) is 24.8 Å². The molecule has 0 unspecified atom stereocenters. The van der Waals surface area contributed by atoms with Crippen LogP contribution in [0.1, 0.15) is 11.5 Å². The van der Waals surface area contributed by atoms with Gasteiger partial charge in [-0.2, -0.15) is 13.2 Å². The van der Waals surface area contributed by atoms with Crippen LogP contribution in [0.3, 0.4) is 0 Å². The van der Waals surface area contributed by atoms with E-state index in [4.69, 9.17) is 0 Å². The monoisotopic (exact) mass is 363 g/mol. The van der Waals surface area contributed by atoms with Gasteiger partial charge < -0.3 is 14.2 Å². The van der Waals surface area contributed by atoms with Gasteiger partial charge in [-0.1, -0.05) is 0 Å². The largest absolute Gasteiger partial charge is 0.433 e. The number of hydrogen-bond donors (Lipinski definition) is 0. The highest BCUT2D eigenvalue weighted by Crippen LogP contribution is 2.30. The summed E-state index contributed by atoms with van der Waals surface area (Å²) in [6.07, 6.45) is 2.60. The van der Waals surface area contributed by atoms with Gasteiger partial charge in [-0.05, 0) is 6.92 Å². The van der Waals surface area contributed by atoms with Crippen molar-refractivity contribution in [3.63, 3.8) is 0 Å². The van der Waals surface area contributed by atoms with Crippen molar-refractivity contribution in [3.05, 3.63) is 42.4 Å². The maximum absolute atomic E-state index is 13.0. The van der Waals surface area contributed by atoms with E-state index in [-0.39, 0.29) is 5.82 Å². The van der Waals surface area contributed by atoms with Crippen molar-refractivity contribution in [1.82, 2.24) is 24.3 Å². The third-order valence-corrected chi connectivity index (χ3v) is 4.31. The normalized spacial score (nSPS) is 15.7. The number of rotatable bonds is 2. The predicted molar refractivity (Wildman–Crippen MR) is 89.2 cm³/mol. The second-order valence-corrected chi connectivity index (χ2v) is 6.04. The van der Waals surface area contributed by atoms with Crippen molar-refractivity contribution >= 4 is 17.3 Å². The van der Waals surface area contributed by atoms with Crippen molar-refractivity contribution in [1.29, 1.82) is 0 Å². The molecule has 0 N–H and O–H groups in total. The van der Waals surface area contributed by atoms with E-state index < -0.39 is 11.9 Å². The molecule has 0 aromatic carbocycles. The molecule has 3 aromatic heterocycles. The number of aromatic nitrogens is 5. The smallest absolute Gasteiger partial charge is 0.353 e. The number of aryl methyl sites for hydroxylation is 1. The minimum absolute atomic E-state index is 0.112. The highest BCUT2D eigenvalue weighted by molar-refractivity contribution is 5.64. The highest BCUT2D eigenvalue weighted by Gasteiger charge is 2.34. The lowest BCUT2D eigenvalue weighted by molar-refractivity contribution is -0.141. The lowest BCUT2D eigenvalue weighted by atomic mass is 10.3. The third-order valence-electron chi connectivity index (χ3n) is 4.31. The van der Waals surface area contributed by atoms with Crippen LogP contribution >= 0.6 is 0 Å². The fourth-order valence-electron chi connectivity index (χ4n) is 3.07. The first-order chi connectivity index (χ1) is 12.4. The summed E-state index contributed by atoms with van der Waals surface area (Å²) in [5, 5.41) is 0. The Kier molecular flexibility index (Phi) is 3.89. The summed E-state index contributed by atoms with van der Waals surface area (Å²) in [7, 11) is 0. The molecule has 0 aliphatic carbocycles. The van der Waals surface area contributed by atoms with Crippen LogP contribution in [0.15, 0.2) is 30.9 Å². The fourth-order valence-corrected chi connectivity index (χ4v) is 3.07. The van der Waals surface area contributed by atoms with E-state index in [1.165, 1.54) is 6.92 Å². The standard InChI is InChI=1S/C16H16F3N7/c1-11-22-12(16(17,18)19)10-13(23-11)24-6-8-26(9-7-24)15-14-20-2-4-25(14)5-3-21-15/h2-5,10H,6-9H2,1H3. The van der Waals surface area contributed by atoms with E-state index >= 15 is 0 Å². The second kappa shape index (κ2) is 6.11. The number of nitrogens with zero attached hydrogens (tertiary/aromatic N) is 7. The van der Waals surface area contributed by atoms with Gasteiger partial charge in [0.25, 0.3) is 0 Å². The summed E-state index contributed by atoms with van der Waals surface area (Å²) >= 11 is 0. The lowest BCUT2D eigenvalue weighted by Crippen LogP contribution is -2.47. The molecule has 4 heterocycles. The number of alkyl halides is 3. The quantitative estimate of drug-likeness (QED) is 0.695. The Morgan fingerprint density at radius 3 is 2.27 bits per heavy atom. The van der Waals surface area contributed by atoms with Gasteiger partial charge >= 0.3 is 6.18 Å². The van der Waals surface area contributed by atoms with Gasteiger partial charge in [-0.25, -0.2) is 19.9 Å². The molecule has 0 bridgehead atoms. The zero-order valence-corrected chi connectivity index (χ0v) is 14.0. The van der Waals surface area contributed by atoms with Crippen LogP contribution in [0.25, 0.3) is 5.65 Å². The molecule has 1 aliphatic heterocycles. The van der Waals surface area contributed by atoms with E-state index in [0.717, 1.165) is 17.5 Å². The summed E-state index contributed by atoms with van der Waals surface area (Å²) in [5.41, 5.74) is -0.149. The minimum atomic E-state index is -4.48.